The molecule has 0 aromatic heterocycles. The molecular formula is C24H15Br2ClINO3S. The third kappa shape index (κ3) is 6.22. The topological polar surface area (TPSA) is 46.6 Å². The first-order chi connectivity index (χ1) is 15.8. The molecule has 0 radical (unpaired) electrons. The average Bonchev–Trinajstić information content (AvgIpc) is 3.03. The lowest BCUT2D eigenvalue weighted by Crippen LogP contribution is -2.27. The summed E-state index contributed by atoms with van der Waals surface area (Å²) in [7, 11) is 0. The molecule has 0 spiro atoms. The SMILES string of the molecule is O=C1S/C(=C\c2cc(Br)c(OCc3ccc(Cl)cc3)c(Br)c2)C(=O)N1Cc1ccc(I)cc1. The van der Waals surface area contributed by atoms with Gasteiger partial charge in [0.2, 0.25) is 0 Å². The quantitative estimate of drug-likeness (QED) is 0.190. The van der Waals surface area contributed by atoms with Crippen LogP contribution in [0.3, 0.4) is 0 Å². The number of amides is 2. The molecule has 33 heavy (non-hydrogen) atoms. The number of rotatable bonds is 6. The van der Waals surface area contributed by atoms with E-state index >= 15 is 0 Å². The van der Waals surface area contributed by atoms with E-state index in [4.69, 9.17) is 16.3 Å². The monoisotopic (exact) mass is 717 g/mol. The average molecular weight is 720 g/mol. The summed E-state index contributed by atoms with van der Waals surface area (Å²) < 4.78 is 8.52. The first-order valence-electron chi connectivity index (χ1n) is 9.66. The van der Waals surface area contributed by atoms with Crippen LogP contribution in [0.4, 0.5) is 4.79 Å². The number of carbonyl (C=O) groups excluding carboxylic acids is 2. The molecule has 1 fully saturated rings. The van der Waals surface area contributed by atoms with Gasteiger partial charge in [0.15, 0.2) is 0 Å². The van der Waals surface area contributed by atoms with Gasteiger partial charge in [0.25, 0.3) is 11.1 Å². The van der Waals surface area contributed by atoms with E-state index in [-0.39, 0.29) is 17.7 Å². The molecule has 1 saturated heterocycles. The molecule has 2 amide bonds. The van der Waals surface area contributed by atoms with Crippen LogP contribution in [-0.4, -0.2) is 16.0 Å². The Labute approximate surface area is 231 Å². The summed E-state index contributed by atoms with van der Waals surface area (Å²) in [6.07, 6.45) is 1.72. The molecule has 3 aromatic carbocycles. The van der Waals surface area contributed by atoms with Crippen LogP contribution in [0.15, 0.2) is 74.5 Å². The summed E-state index contributed by atoms with van der Waals surface area (Å²) in [4.78, 5) is 27.0. The van der Waals surface area contributed by atoms with E-state index in [1.54, 1.807) is 6.08 Å². The molecule has 3 aromatic rings. The second-order valence-electron chi connectivity index (χ2n) is 7.12. The second kappa shape index (κ2) is 10.9. The molecule has 0 bridgehead atoms. The van der Waals surface area contributed by atoms with Gasteiger partial charge >= 0.3 is 0 Å². The maximum absolute atomic E-state index is 12.9. The van der Waals surface area contributed by atoms with Crippen LogP contribution in [0, 0.1) is 3.57 Å². The Morgan fingerprint density at radius 3 is 2.21 bits per heavy atom. The Morgan fingerprint density at radius 1 is 0.970 bits per heavy atom. The van der Waals surface area contributed by atoms with Crippen LogP contribution >= 0.6 is 77.8 Å². The van der Waals surface area contributed by atoms with Crippen molar-refractivity contribution >= 4 is 95.0 Å². The van der Waals surface area contributed by atoms with Gasteiger partial charge in [0.05, 0.1) is 20.4 Å². The smallest absolute Gasteiger partial charge is 0.293 e. The lowest BCUT2D eigenvalue weighted by atomic mass is 10.2. The summed E-state index contributed by atoms with van der Waals surface area (Å²) in [6, 6.07) is 18.9. The van der Waals surface area contributed by atoms with E-state index in [9.17, 15) is 9.59 Å². The van der Waals surface area contributed by atoms with Gasteiger partial charge in [0, 0.05) is 8.59 Å². The Hall–Kier alpha value is -1.33. The molecule has 1 heterocycles. The van der Waals surface area contributed by atoms with Gasteiger partial charge < -0.3 is 4.74 Å². The maximum atomic E-state index is 12.9. The number of halogens is 4. The van der Waals surface area contributed by atoms with Crippen molar-refractivity contribution in [1.82, 2.24) is 4.90 Å². The lowest BCUT2D eigenvalue weighted by Gasteiger charge is -2.13. The van der Waals surface area contributed by atoms with Crippen molar-refractivity contribution in [3.63, 3.8) is 0 Å². The van der Waals surface area contributed by atoms with Crippen LogP contribution < -0.4 is 4.74 Å². The summed E-state index contributed by atoms with van der Waals surface area (Å²) in [6.45, 7) is 0.634. The minimum atomic E-state index is -0.293. The van der Waals surface area contributed by atoms with Crippen molar-refractivity contribution in [2.75, 3.05) is 0 Å². The largest absolute Gasteiger partial charge is 0.487 e. The van der Waals surface area contributed by atoms with E-state index in [1.165, 1.54) is 4.90 Å². The van der Waals surface area contributed by atoms with Gasteiger partial charge in [-0.1, -0.05) is 35.9 Å². The first kappa shape index (κ1) is 24.8. The standard InChI is InChI=1S/C24H15Br2ClINO3S/c25-19-9-16(10-20(26)22(19)32-13-15-1-5-17(27)6-2-15)11-21-23(30)29(24(31)33-21)12-14-3-7-18(28)8-4-14/h1-11H,12-13H2/b21-11-. The molecule has 1 aliphatic heterocycles. The van der Waals surface area contributed by atoms with E-state index in [2.05, 4.69) is 54.5 Å². The summed E-state index contributed by atoms with van der Waals surface area (Å²) in [5.74, 6) is 0.354. The Kier molecular flexibility index (Phi) is 8.22. The highest BCUT2D eigenvalue weighted by Crippen LogP contribution is 2.38. The van der Waals surface area contributed by atoms with Crippen LogP contribution in [0.1, 0.15) is 16.7 Å². The number of benzene rings is 3. The normalized spacial score (nSPS) is 14.9. The van der Waals surface area contributed by atoms with Gasteiger partial charge in [-0.25, -0.2) is 0 Å². The number of thioether (sulfide) groups is 1. The third-order valence-electron chi connectivity index (χ3n) is 4.74. The van der Waals surface area contributed by atoms with Crippen molar-refractivity contribution in [3.8, 4) is 5.75 Å². The maximum Gasteiger partial charge on any atom is 0.293 e. The molecule has 0 aliphatic carbocycles. The van der Waals surface area contributed by atoms with Crippen molar-refractivity contribution in [3.05, 3.63) is 99.8 Å². The number of ether oxygens (including phenoxy) is 1. The van der Waals surface area contributed by atoms with Crippen LogP contribution in [0.5, 0.6) is 5.75 Å². The first-order valence-corrected chi connectivity index (χ1v) is 13.5. The molecule has 0 saturated carbocycles. The molecule has 4 rings (SSSR count). The van der Waals surface area contributed by atoms with E-state index in [1.807, 2.05) is 60.7 Å². The van der Waals surface area contributed by atoms with Gasteiger partial charge in [-0.05, 0) is 125 Å². The lowest BCUT2D eigenvalue weighted by molar-refractivity contribution is -0.123. The van der Waals surface area contributed by atoms with Crippen molar-refractivity contribution in [1.29, 1.82) is 0 Å². The fourth-order valence-corrected chi connectivity index (χ4v) is 5.87. The fraction of sp³-hybridized carbons (Fsp3) is 0.0833. The highest BCUT2D eigenvalue weighted by molar-refractivity contribution is 14.1. The zero-order valence-corrected chi connectivity index (χ0v) is 23.8. The van der Waals surface area contributed by atoms with Gasteiger partial charge in [-0.3, -0.25) is 14.5 Å². The van der Waals surface area contributed by atoms with Crippen LogP contribution in [-0.2, 0) is 17.9 Å². The summed E-state index contributed by atoms with van der Waals surface area (Å²) in [5.41, 5.74) is 2.67. The summed E-state index contributed by atoms with van der Waals surface area (Å²) in [5, 5.41) is 0.402. The zero-order chi connectivity index (χ0) is 23.5. The van der Waals surface area contributed by atoms with E-state index < -0.39 is 0 Å². The predicted molar refractivity (Wildman–Crippen MR) is 148 cm³/mol. The van der Waals surface area contributed by atoms with Crippen LogP contribution in [0.25, 0.3) is 6.08 Å². The van der Waals surface area contributed by atoms with E-state index in [0.29, 0.717) is 22.3 Å². The molecule has 168 valence electrons. The minimum absolute atomic E-state index is 0.254. The fourth-order valence-electron chi connectivity index (χ4n) is 3.10. The number of imide groups is 1. The zero-order valence-electron chi connectivity index (χ0n) is 16.9. The molecule has 0 atom stereocenters. The van der Waals surface area contributed by atoms with Crippen molar-refractivity contribution < 1.29 is 14.3 Å². The van der Waals surface area contributed by atoms with Gasteiger partial charge in [-0.15, -0.1) is 0 Å². The Bertz CT molecular complexity index is 1230. The van der Waals surface area contributed by atoms with Gasteiger partial charge in [0.1, 0.15) is 12.4 Å². The summed E-state index contributed by atoms with van der Waals surface area (Å²) >= 11 is 16.2. The Balaban J connectivity index is 1.49. The van der Waals surface area contributed by atoms with Crippen molar-refractivity contribution in [2.24, 2.45) is 0 Å². The van der Waals surface area contributed by atoms with Crippen molar-refractivity contribution in [2.45, 2.75) is 13.2 Å². The molecule has 9 heteroatoms. The molecule has 0 N–H and O–H groups in total. The second-order valence-corrected chi connectivity index (χ2v) is 11.5. The predicted octanol–water partition coefficient (Wildman–Crippen LogP) is 8.29. The number of hydrogen-bond donors (Lipinski definition) is 0. The van der Waals surface area contributed by atoms with E-state index in [0.717, 1.165) is 41.0 Å². The highest BCUT2D eigenvalue weighted by Gasteiger charge is 2.35. The van der Waals surface area contributed by atoms with Crippen LogP contribution in [0.2, 0.25) is 5.02 Å². The minimum Gasteiger partial charge on any atom is -0.487 e. The molecule has 0 unspecified atom stereocenters. The Morgan fingerprint density at radius 2 is 1.58 bits per heavy atom. The number of nitrogens with zero attached hydrogens (tertiary/aromatic N) is 1. The number of hydrogen-bond acceptors (Lipinski definition) is 4. The highest BCUT2D eigenvalue weighted by atomic mass is 127. The molecular weight excluding hydrogens is 704 g/mol. The third-order valence-corrected chi connectivity index (χ3v) is 7.80. The van der Waals surface area contributed by atoms with Gasteiger partial charge in [-0.2, -0.15) is 0 Å². The number of carbonyl (C=O) groups is 2. The molecule has 4 nitrogen and oxygen atoms in total. The molecule has 1 aliphatic rings.